The standard InChI is InChI=1S/C28H23F2N9O/c1-15(18-7-8-21(29)22(30)9-18)37-28(40)24-26(34-12-19(10-31)38-24)33-11-16-3-5-17(6-4-16)20-13-39(2)27-23(20)25(32)35-14-36-27/h3-9,12-15H,11H2,1-2H3,(H,33,34)(H,37,40)(H2,32,35,36). The highest BCUT2D eigenvalue weighted by atomic mass is 19.2. The van der Waals surface area contributed by atoms with Gasteiger partial charge in [-0.1, -0.05) is 30.3 Å². The minimum Gasteiger partial charge on any atom is -0.383 e. The normalized spacial score (nSPS) is 11.7. The predicted octanol–water partition coefficient (Wildman–Crippen LogP) is 4.26. The molecule has 3 heterocycles. The van der Waals surface area contributed by atoms with Crippen LogP contribution < -0.4 is 16.4 Å². The van der Waals surface area contributed by atoms with Crippen LogP contribution in [0.15, 0.2) is 61.2 Å². The second kappa shape index (κ2) is 10.7. The number of anilines is 2. The third-order valence-electron chi connectivity index (χ3n) is 6.40. The molecule has 5 rings (SSSR count). The van der Waals surface area contributed by atoms with E-state index in [1.807, 2.05) is 48.1 Å². The summed E-state index contributed by atoms with van der Waals surface area (Å²) in [5.41, 5.74) is 9.79. The van der Waals surface area contributed by atoms with E-state index < -0.39 is 23.6 Å². The van der Waals surface area contributed by atoms with Gasteiger partial charge >= 0.3 is 0 Å². The Balaban J connectivity index is 1.34. The van der Waals surface area contributed by atoms with E-state index in [2.05, 4.69) is 30.6 Å². The maximum Gasteiger partial charge on any atom is 0.274 e. The number of hydrogen-bond acceptors (Lipinski definition) is 8. The van der Waals surface area contributed by atoms with Crippen molar-refractivity contribution in [2.45, 2.75) is 19.5 Å². The van der Waals surface area contributed by atoms with E-state index in [1.165, 1.54) is 18.6 Å². The first-order chi connectivity index (χ1) is 19.2. The van der Waals surface area contributed by atoms with Gasteiger partial charge in [0.05, 0.1) is 17.6 Å². The summed E-state index contributed by atoms with van der Waals surface area (Å²) in [5, 5.41) is 15.8. The molecular formula is C28H23F2N9O. The first kappa shape index (κ1) is 26.2. The summed E-state index contributed by atoms with van der Waals surface area (Å²) in [6, 6.07) is 12.3. The second-order valence-electron chi connectivity index (χ2n) is 9.09. The topological polar surface area (TPSA) is 147 Å². The van der Waals surface area contributed by atoms with Crippen LogP contribution in [0.25, 0.3) is 22.2 Å². The summed E-state index contributed by atoms with van der Waals surface area (Å²) in [6.07, 6.45) is 4.63. The number of benzene rings is 2. The number of nitriles is 1. The zero-order valence-electron chi connectivity index (χ0n) is 21.5. The molecule has 1 atom stereocenters. The minimum absolute atomic E-state index is 0.0427. The molecule has 40 heavy (non-hydrogen) atoms. The molecule has 0 aliphatic heterocycles. The summed E-state index contributed by atoms with van der Waals surface area (Å²) in [6.45, 7) is 1.93. The van der Waals surface area contributed by atoms with Gasteiger partial charge in [0.25, 0.3) is 5.91 Å². The number of nitrogens with two attached hydrogens (primary N) is 1. The van der Waals surface area contributed by atoms with E-state index >= 15 is 0 Å². The minimum atomic E-state index is -1.02. The first-order valence-electron chi connectivity index (χ1n) is 12.2. The molecule has 0 saturated carbocycles. The van der Waals surface area contributed by atoms with Crippen molar-refractivity contribution in [1.82, 2.24) is 29.8 Å². The van der Waals surface area contributed by atoms with Crippen LogP contribution in [0.5, 0.6) is 0 Å². The molecule has 0 radical (unpaired) electrons. The number of aryl methyl sites for hydroxylation is 1. The number of rotatable bonds is 7. The molecular weight excluding hydrogens is 516 g/mol. The number of nitrogens with one attached hydrogen (secondary N) is 2. The Hall–Kier alpha value is -5.44. The van der Waals surface area contributed by atoms with E-state index in [0.717, 1.165) is 39.9 Å². The number of aromatic nitrogens is 5. The van der Waals surface area contributed by atoms with E-state index in [1.54, 1.807) is 6.92 Å². The Bertz CT molecular complexity index is 1780. The Kier molecular flexibility index (Phi) is 7.03. The van der Waals surface area contributed by atoms with Crippen molar-refractivity contribution in [3.63, 3.8) is 0 Å². The lowest BCUT2D eigenvalue weighted by molar-refractivity contribution is 0.0935. The van der Waals surface area contributed by atoms with Gasteiger partial charge in [0.15, 0.2) is 28.8 Å². The highest BCUT2D eigenvalue weighted by Gasteiger charge is 2.20. The van der Waals surface area contributed by atoms with Crippen LogP contribution in [0.3, 0.4) is 0 Å². The second-order valence-corrected chi connectivity index (χ2v) is 9.09. The van der Waals surface area contributed by atoms with Crippen LogP contribution in [0, 0.1) is 23.0 Å². The number of fused-ring (bicyclic) bond motifs is 1. The fourth-order valence-corrected chi connectivity index (χ4v) is 4.30. The van der Waals surface area contributed by atoms with Gasteiger partial charge in [0, 0.05) is 25.4 Å². The van der Waals surface area contributed by atoms with Gasteiger partial charge in [-0.25, -0.2) is 28.7 Å². The number of hydrogen-bond donors (Lipinski definition) is 3. The lowest BCUT2D eigenvalue weighted by atomic mass is 10.0. The van der Waals surface area contributed by atoms with Gasteiger partial charge in [0.2, 0.25) is 0 Å². The van der Waals surface area contributed by atoms with Crippen LogP contribution in [0.2, 0.25) is 0 Å². The molecule has 0 saturated heterocycles. The van der Waals surface area contributed by atoms with Gasteiger partial charge in [-0.15, -0.1) is 0 Å². The lowest BCUT2D eigenvalue weighted by Crippen LogP contribution is -2.29. The fourth-order valence-electron chi connectivity index (χ4n) is 4.30. The van der Waals surface area contributed by atoms with E-state index in [4.69, 9.17) is 5.73 Å². The number of halogens is 2. The molecule has 1 unspecified atom stereocenters. The van der Waals surface area contributed by atoms with Gasteiger partial charge < -0.3 is 20.9 Å². The molecule has 0 aliphatic rings. The quantitative estimate of drug-likeness (QED) is 0.278. The summed E-state index contributed by atoms with van der Waals surface area (Å²) in [7, 11) is 1.89. The largest absolute Gasteiger partial charge is 0.383 e. The van der Waals surface area contributed by atoms with Crippen molar-refractivity contribution in [2.24, 2.45) is 7.05 Å². The first-order valence-corrected chi connectivity index (χ1v) is 12.2. The van der Waals surface area contributed by atoms with Gasteiger partial charge in [-0.3, -0.25) is 4.79 Å². The third-order valence-corrected chi connectivity index (χ3v) is 6.40. The Labute approximate surface area is 227 Å². The number of amides is 1. The fraction of sp³-hybridized carbons (Fsp3) is 0.143. The summed E-state index contributed by atoms with van der Waals surface area (Å²) < 4.78 is 28.9. The predicted molar refractivity (Wildman–Crippen MR) is 145 cm³/mol. The SMILES string of the molecule is CC(NC(=O)c1nc(C#N)cnc1NCc1ccc(-c2cn(C)c3ncnc(N)c23)cc1)c1ccc(F)c(F)c1. The molecule has 2 aromatic carbocycles. The number of carbonyl (C=O) groups is 1. The molecule has 0 spiro atoms. The number of nitrogens with zero attached hydrogens (tertiary/aromatic N) is 6. The average molecular weight is 540 g/mol. The summed E-state index contributed by atoms with van der Waals surface area (Å²) in [5.74, 6) is -2.07. The molecule has 0 aliphatic carbocycles. The van der Waals surface area contributed by atoms with Crippen LogP contribution in [0.4, 0.5) is 20.4 Å². The van der Waals surface area contributed by atoms with E-state index in [-0.39, 0.29) is 17.2 Å². The molecule has 3 aromatic heterocycles. The zero-order chi connectivity index (χ0) is 28.4. The van der Waals surface area contributed by atoms with Crippen LogP contribution >= 0.6 is 0 Å². The Morgan fingerprint density at radius 1 is 1.12 bits per heavy atom. The molecule has 12 heteroatoms. The van der Waals surface area contributed by atoms with Gasteiger partial charge in [0.1, 0.15) is 23.9 Å². The van der Waals surface area contributed by atoms with Crippen molar-refractivity contribution in [3.05, 3.63) is 95.3 Å². The van der Waals surface area contributed by atoms with Crippen LogP contribution in [-0.4, -0.2) is 30.4 Å². The number of carbonyl (C=O) groups excluding carboxylic acids is 1. The van der Waals surface area contributed by atoms with Crippen LogP contribution in [-0.2, 0) is 13.6 Å². The van der Waals surface area contributed by atoms with Crippen molar-refractivity contribution in [1.29, 1.82) is 5.26 Å². The third kappa shape index (κ3) is 5.12. The molecule has 0 bridgehead atoms. The van der Waals surface area contributed by atoms with Crippen molar-refractivity contribution in [3.8, 4) is 17.2 Å². The summed E-state index contributed by atoms with van der Waals surface area (Å²) >= 11 is 0. The highest BCUT2D eigenvalue weighted by molar-refractivity contribution is 6.00. The Morgan fingerprint density at radius 3 is 2.62 bits per heavy atom. The maximum atomic E-state index is 13.7. The zero-order valence-corrected chi connectivity index (χ0v) is 21.5. The molecule has 200 valence electrons. The maximum absolute atomic E-state index is 13.7. The van der Waals surface area contributed by atoms with Crippen LogP contribution in [0.1, 0.15) is 40.3 Å². The van der Waals surface area contributed by atoms with Gasteiger partial charge in [-0.05, 0) is 35.7 Å². The molecule has 10 nitrogen and oxygen atoms in total. The monoisotopic (exact) mass is 539 g/mol. The number of nitrogen functional groups attached to an aromatic ring is 1. The molecule has 4 N–H and O–H groups in total. The smallest absolute Gasteiger partial charge is 0.274 e. The lowest BCUT2D eigenvalue weighted by Gasteiger charge is -2.16. The van der Waals surface area contributed by atoms with E-state index in [0.29, 0.717) is 17.9 Å². The molecule has 0 fully saturated rings. The highest BCUT2D eigenvalue weighted by Crippen LogP contribution is 2.32. The summed E-state index contributed by atoms with van der Waals surface area (Å²) in [4.78, 5) is 29.8. The Morgan fingerprint density at radius 2 is 1.90 bits per heavy atom. The van der Waals surface area contributed by atoms with Crippen molar-refractivity contribution < 1.29 is 13.6 Å². The molecule has 1 amide bonds. The van der Waals surface area contributed by atoms with Crippen molar-refractivity contribution >= 4 is 28.6 Å². The average Bonchev–Trinajstić information content (AvgIpc) is 3.31. The molecule has 5 aromatic rings. The van der Waals surface area contributed by atoms with Gasteiger partial charge in [-0.2, -0.15) is 5.26 Å². The van der Waals surface area contributed by atoms with E-state index in [9.17, 15) is 18.8 Å². The van der Waals surface area contributed by atoms with Crippen molar-refractivity contribution in [2.75, 3.05) is 11.1 Å².